The Morgan fingerprint density at radius 3 is 2.77 bits per heavy atom. The van der Waals surface area contributed by atoms with Gasteiger partial charge in [-0.15, -0.1) is 0 Å². The molecule has 0 aromatic heterocycles. The van der Waals surface area contributed by atoms with Crippen molar-refractivity contribution in [2.75, 3.05) is 18.5 Å². The Labute approximate surface area is 185 Å². The van der Waals surface area contributed by atoms with Gasteiger partial charge < -0.3 is 15.4 Å². The normalized spacial score (nSPS) is 18.8. The van der Waals surface area contributed by atoms with Crippen LogP contribution in [0.4, 0.5) is 5.69 Å². The number of nitrogens with zero attached hydrogens (tertiary/aromatic N) is 1. The van der Waals surface area contributed by atoms with Crippen LogP contribution in [0, 0.1) is 6.92 Å². The van der Waals surface area contributed by atoms with Crippen molar-refractivity contribution in [2.24, 2.45) is 0 Å². The second-order valence-electron chi connectivity index (χ2n) is 7.59. The topological polar surface area (TPSA) is 105 Å². The molecule has 1 fully saturated rings. The highest BCUT2D eigenvalue weighted by molar-refractivity contribution is 7.89. The summed E-state index contributed by atoms with van der Waals surface area (Å²) in [4.78, 5) is 24.1. The van der Waals surface area contributed by atoms with Crippen molar-refractivity contribution in [1.82, 2.24) is 9.62 Å². The standard InChI is InChI=1S/C21H22ClN3O5S/c1-13-4-6-14(7-5-13)11-23-21(27)17-3-2-8-25(17)31(28,29)19-10-18-16(9-15(19)22)24-20(26)12-30-18/h4-7,9-10,17H,2-3,8,11-12H2,1H3,(H,23,27)(H,24,26)/t17-/m1/s1. The highest BCUT2D eigenvalue weighted by atomic mass is 35.5. The van der Waals surface area contributed by atoms with Crippen molar-refractivity contribution < 1.29 is 22.7 Å². The molecule has 2 aromatic carbocycles. The van der Waals surface area contributed by atoms with Gasteiger partial charge in [0.15, 0.2) is 6.61 Å². The molecule has 2 amide bonds. The number of carbonyl (C=O) groups excluding carboxylic acids is 2. The molecule has 2 aliphatic rings. The smallest absolute Gasteiger partial charge is 0.262 e. The molecule has 0 saturated carbocycles. The first-order chi connectivity index (χ1) is 14.8. The first-order valence-corrected chi connectivity index (χ1v) is 11.7. The van der Waals surface area contributed by atoms with Gasteiger partial charge in [0, 0.05) is 19.2 Å². The number of hydrogen-bond donors (Lipinski definition) is 2. The van der Waals surface area contributed by atoms with Gasteiger partial charge in [-0.1, -0.05) is 41.4 Å². The molecule has 164 valence electrons. The number of benzene rings is 2. The molecule has 4 rings (SSSR count). The lowest BCUT2D eigenvalue weighted by Crippen LogP contribution is -2.45. The lowest BCUT2D eigenvalue weighted by atomic mass is 10.1. The van der Waals surface area contributed by atoms with Gasteiger partial charge in [0.05, 0.1) is 10.7 Å². The molecule has 2 N–H and O–H groups in total. The van der Waals surface area contributed by atoms with Crippen LogP contribution in [0.1, 0.15) is 24.0 Å². The number of sulfonamides is 1. The third-order valence-electron chi connectivity index (χ3n) is 5.35. The zero-order chi connectivity index (χ0) is 22.2. The molecule has 0 radical (unpaired) electrons. The van der Waals surface area contributed by atoms with Crippen molar-refractivity contribution in [1.29, 1.82) is 0 Å². The lowest BCUT2D eigenvalue weighted by Gasteiger charge is -2.25. The van der Waals surface area contributed by atoms with Crippen LogP contribution in [0.25, 0.3) is 0 Å². The summed E-state index contributed by atoms with van der Waals surface area (Å²) in [5, 5.41) is 5.38. The van der Waals surface area contributed by atoms with Gasteiger partial charge in [0.25, 0.3) is 5.91 Å². The maximum Gasteiger partial charge on any atom is 0.262 e. The number of nitrogens with one attached hydrogen (secondary N) is 2. The van der Waals surface area contributed by atoms with E-state index in [9.17, 15) is 18.0 Å². The number of amides is 2. The molecular weight excluding hydrogens is 442 g/mol. The summed E-state index contributed by atoms with van der Waals surface area (Å²) in [6.07, 6.45) is 0.991. The highest BCUT2D eigenvalue weighted by Gasteiger charge is 2.40. The van der Waals surface area contributed by atoms with Crippen LogP contribution in [0.2, 0.25) is 5.02 Å². The summed E-state index contributed by atoms with van der Waals surface area (Å²) in [6, 6.07) is 9.58. The number of anilines is 1. The van der Waals surface area contributed by atoms with E-state index in [2.05, 4.69) is 10.6 Å². The third kappa shape index (κ3) is 4.39. The quantitative estimate of drug-likeness (QED) is 0.708. The number of halogens is 1. The van der Waals surface area contributed by atoms with Gasteiger partial charge in [-0.2, -0.15) is 4.31 Å². The number of ether oxygens (including phenoxy) is 1. The van der Waals surface area contributed by atoms with Gasteiger partial charge in [0.2, 0.25) is 15.9 Å². The minimum Gasteiger partial charge on any atom is -0.482 e. The molecule has 0 bridgehead atoms. The summed E-state index contributed by atoms with van der Waals surface area (Å²) in [5.41, 5.74) is 2.37. The van der Waals surface area contributed by atoms with Gasteiger partial charge in [-0.25, -0.2) is 8.42 Å². The van der Waals surface area contributed by atoms with Gasteiger partial charge >= 0.3 is 0 Å². The molecule has 31 heavy (non-hydrogen) atoms. The monoisotopic (exact) mass is 463 g/mol. The third-order valence-corrected chi connectivity index (χ3v) is 7.72. The summed E-state index contributed by atoms with van der Waals surface area (Å²) in [6.45, 7) is 2.31. The van der Waals surface area contributed by atoms with Crippen LogP contribution < -0.4 is 15.4 Å². The fourth-order valence-corrected chi connectivity index (χ4v) is 5.88. The van der Waals surface area contributed by atoms with Crippen LogP contribution in [0.15, 0.2) is 41.3 Å². The van der Waals surface area contributed by atoms with E-state index in [1.807, 2.05) is 31.2 Å². The molecule has 10 heteroatoms. The first kappa shape index (κ1) is 21.6. The number of hydrogen-bond acceptors (Lipinski definition) is 5. The average Bonchev–Trinajstić information content (AvgIpc) is 3.23. The summed E-state index contributed by atoms with van der Waals surface area (Å²) < 4.78 is 33.2. The molecule has 2 heterocycles. The van der Waals surface area contributed by atoms with Crippen LogP contribution in [-0.2, 0) is 26.2 Å². The SMILES string of the molecule is Cc1ccc(CNC(=O)[C@H]2CCCN2S(=O)(=O)c2cc3c(cc2Cl)NC(=O)CO3)cc1. The number of fused-ring (bicyclic) bond motifs is 1. The Morgan fingerprint density at radius 1 is 1.29 bits per heavy atom. The van der Waals surface area contributed by atoms with E-state index in [1.54, 1.807) is 0 Å². The molecule has 8 nitrogen and oxygen atoms in total. The van der Waals surface area contributed by atoms with Crippen LogP contribution in [0.3, 0.4) is 0 Å². The maximum absolute atomic E-state index is 13.4. The highest BCUT2D eigenvalue weighted by Crippen LogP contribution is 2.38. The Bertz CT molecular complexity index is 1130. The van der Waals surface area contributed by atoms with E-state index in [-0.39, 0.29) is 40.6 Å². The molecule has 2 aromatic rings. The maximum atomic E-state index is 13.4. The van der Waals surface area contributed by atoms with Crippen molar-refractivity contribution >= 4 is 39.1 Å². The molecular formula is C21H22ClN3O5S. The number of rotatable bonds is 5. The molecule has 2 aliphatic heterocycles. The van der Waals surface area contributed by atoms with E-state index in [1.165, 1.54) is 16.4 Å². The van der Waals surface area contributed by atoms with Gasteiger partial charge in [0.1, 0.15) is 16.7 Å². The largest absolute Gasteiger partial charge is 0.482 e. The minimum atomic E-state index is -4.05. The van der Waals surface area contributed by atoms with E-state index >= 15 is 0 Å². The fourth-order valence-electron chi connectivity index (χ4n) is 3.71. The zero-order valence-electron chi connectivity index (χ0n) is 16.9. The second kappa shape index (κ2) is 8.49. The van der Waals surface area contributed by atoms with Gasteiger partial charge in [-0.05, 0) is 31.4 Å². The first-order valence-electron chi connectivity index (χ1n) is 9.87. The van der Waals surface area contributed by atoms with Crippen molar-refractivity contribution in [3.63, 3.8) is 0 Å². The van der Waals surface area contributed by atoms with Crippen molar-refractivity contribution in [3.8, 4) is 5.75 Å². The lowest BCUT2D eigenvalue weighted by molar-refractivity contribution is -0.124. The van der Waals surface area contributed by atoms with E-state index in [4.69, 9.17) is 16.3 Å². The molecule has 0 unspecified atom stereocenters. The Hall–Kier alpha value is -2.62. The minimum absolute atomic E-state index is 0.0461. The zero-order valence-corrected chi connectivity index (χ0v) is 18.4. The van der Waals surface area contributed by atoms with Crippen LogP contribution in [-0.4, -0.2) is 43.7 Å². The Kier molecular flexibility index (Phi) is 5.92. The number of carbonyl (C=O) groups is 2. The fraction of sp³-hybridized carbons (Fsp3) is 0.333. The number of aryl methyl sites for hydroxylation is 1. The molecule has 0 aliphatic carbocycles. The van der Waals surface area contributed by atoms with E-state index < -0.39 is 16.1 Å². The molecule has 1 saturated heterocycles. The van der Waals surface area contributed by atoms with E-state index in [0.29, 0.717) is 25.1 Å². The summed E-state index contributed by atoms with van der Waals surface area (Å²) in [7, 11) is -4.05. The van der Waals surface area contributed by atoms with E-state index in [0.717, 1.165) is 11.1 Å². The van der Waals surface area contributed by atoms with Crippen molar-refractivity contribution in [2.45, 2.75) is 37.2 Å². The average molecular weight is 464 g/mol. The Morgan fingerprint density at radius 2 is 2.03 bits per heavy atom. The van der Waals surface area contributed by atoms with Crippen LogP contribution >= 0.6 is 11.6 Å². The van der Waals surface area contributed by atoms with Crippen LogP contribution in [0.5, 0.6) is 5.75 Å². The second-order valence-corrected chi connectivity index (χ2v) is 9.86. The predicted molar refractivity (Wildman–Crippen MR) is 116 cm³/mol. The molecule has 0 spiro atoms. The predicted octanol–water partition coefficient (Wildman–Crippen LogP) is 2.45. The molecule has 1 atom stereocenters. The Balaban J connectivity index is 1.54. The summed E-state index contributed by atoms with van der Waals surface area (Å²) >= 11 is 6.24. The van der Waals surface area contributed by atoms with Crippen molar-refractivity contribution in [3.05, 3.63) is 52.5 Å². The summed E-state index contributed by atoms with van der Waals surface area (Å²) in [5.74, 6) is -0.467. The van der Waals surface area contributed by atoms with Gasteiger partial charge in [-0.3, -0.25) is 9.59 Å².